The summed E-state index contributed by atoms with van der Waals surface area (Å²) in [5.74, 6) is -0.249. The van der Waals surface area contributed by atoms with Crippen molar-refractivity contribution in [2.24, 2.45) is 0 Å². The third-order valence-electron chi connectivity index (χ3n) is 1.84. The topological polar surface area (TPSA) is 47.6 Å². The summed E-state index contributed by atoms with van der Waals surface area (Å²) in [6.45, 7) is 6.73. The van der Waals surface area contributed by atoms with Crippen LogP contribution in [0.3, 0.4) is 0 Å². The molecular formula is C9H22NO3P. The fraction of sp³-hybridized carbons (Fsp3) is 1.00. The second kappa shape index (κ2) is 7.41. The first-order valence-electron chi connectivity index (χ1n) is 5.16. The first-order valence-corrected chi connectivity index (χ1v) is 6.78. The van der Waals surface area contributed by atoms with E-state index in [1.807, 2.05) is 20.8 Å². The van der Waals surface area contributed by atoms with Gasteiger partial charge in [0.15, 0.2) is 0 Å². The number of hydrogen-bond acceptors (Lipinski definition) is 4. The molecule has 1 atom stereocenters. The average molecular weight is 223 g/mol. The van der Waals surface area contributed by atoms with Crippen molar-refractivity contribution in [2.75, 3.05) is 20.3 Å². The molecular weight excluding hydrogens is 201 g/mol. The van der Waals surface area contributed by atoms with Crippen molar-refractivity contribution in [3.8, 4) is 0 Å². The summed E-state index contributed by atoms with van der Waals surface area (Å²) < 4.78 is 22.8. The van der Waals surface area contributed by atoms with Crippen LogP contribution in [0.5, 0.6) is 0 Å². The van der Waals surface area contributed by atoms with Crippen LogP contribution in [0.2, 0.25) is 0 Å². The maximum absolute atomic E-state index is 12.2. The molecule has 0 aromatic carbocycles. The maximum atomic E-state index is 12.2. The first-order chi connectivity index (χ1) is 6.60. The Hall–Kier alpha value is 0.110. The standard InChI is InChI=1S/C9H22NO3P/c1-5-7-12-14(11,9(3)10-4)13-8-6-2/h9-10H,5-8H2,1-4H3. The lowest BCUT2D eigenvalue weighted by Crippen LogP contribution is -2.24. The molecule has 1 unspecified atom stereocenters. The Morgan fingerprint density at radius 3 is 1.93 bits per heavy atom. The molecule has 0 aromatic heterocycles. The fourth-order valence-corrected chi connectivity index (χ4v) is 2.57. The average Bonchev–Trinajstić information content (AvgIpc) is 2.22. The number of rotatable bonds is 8. The Morgan fingerprint density at radius 2 is 1.64 bits per heavy atom. The maximum Gasteiger partial charge on any atom is 0.347 e. The van der Waals surface area contributed by atoms with Gasteiger partial charge in [0.2, 0.25) is 0 Å². The third kappa shape index (κ3) is 4.56. The molecule has 0 fully saturated rings. The molecule has 0 aromatic rings. The Morgan fingerprint density at radius 1 is 1.21 bits per heavy atom. The minimum Gasteiger partial charge on any atom is -0.308 e. The van der Waals surface area contributed by atoms with E-state index in [1.54, 1.807) is 7.05 Å². The molecule has 0 rings (SSSR count). The summed E-state index contributed by atoms with van der Waals surface area (Å²) in [5, 5.41) is 2.91. The first kappa shape index (κ1) is 14.1. The molecule has 0 aliphatic carbocycles. The lowest BCUT2D eigenvalue weighted by molar-refractivity contribution is 0.195. The largest absolute Gasteiger partial charge is 0.347 e. The van der Waals surface area contributed by atoms with E-state index < -0.39 is 7.60 Å². The Balaban J connectivity index is 4.25. The van der Waals surface area contributed by atoms with Gasteiger partial charge in [0.25, 0.3) is 0 Å². The molecule has 0 radical (unpaired) electrons. The summed E-state index contributed by atoms with van der Waals surface area (Å²) >= 11 is 0. The van der Waals surface area contributed by atoms with Crippen molar-refractivity contribution in [3.63, 3.8) is 0 Å². The highest BCUT2D eigenvalue weighted by Gasteiger charge is 2.30. The molecule has 86 valence electrons. The van der Waals surface area contributed by atoms with Crippen LogP contribution in [-0.4, -0.2) is 26.0 Å². The predicted octanol–water partition coefficient (Wildman–Crippen LogP) is 2.60. The van der Waals surface area contributed by atoms with Gasteiger partial charge in [-0.3, -0.25) is 4.57 Å². The van der Waals surface area contributed by atoms with Gasteiger partial charge in [-0.15, -0.1) is 0 Å². The zero-order chi connectivity index (χ0) is 11.0. The van der Waals surface area contributed by atoms with E-state index in [-0.39, 0.29) is 5.78 Å². The minimum atomic E-state index is -2.95. The minimum absolute atomic E-state index is 0.249. The van der Waals surface area contributed by atoms with Crippen LogP contribution < -0.4 is 5.32 Å². The van der Waals surface area contributed by atoms with Crippen molar-refractivity contribution >= 4 is 7.60 Å². The van der Waals surface area contributed by atoms with Gasteiger partial charge in [-0.05, 0) is 26.8 Å². The number of hydrogen-bond donors (Lipinski definition) is 1. The lowest BCUT2D eigenvalue weighted by atomic mass is 10.5. The van der Waals surface area contributed by atoms with Gasteiger partial charge >= 0.3 is 7.60 Å². The molecule has 1 N–H and O–H groups in total. The van der Waals surface area contributed by atoms with Crippen LogP contribution in [0.25, 0.3) is 0 Å². The number of nitrogens with one attached hydrogen (secondary N) is 1. The summed E-state index contributed by atoms with van der Waals surface area (Å²) in [7, 11) is -1.20. The van der Waals surface area contributed by atoms with E-state index in [0.29, 0.717) is 13.2 Å². The predicted molar refractivity (Wildman–Crippen MR) is 58.6 cm³/mol. The second-order valence-electron chi connectivity index (χ2n) is 3.17. The summed E-state index contributed by atoms with van der Waals surface area (Å²) in [6.07, 6.45) is 1.69. The highest BCUT2D eigenvalue weighted by molar-refractivity contribution is 7.54. The SMILES string of the molecule is CCCOP(=O)(OCCC)C(C)NC. The van der Waals surface area contributed by atoms with Crippen LogP contribution in [-0.2, 0) is 13.6 Å². The van der Waals surface area contributed by atoms with Crippen molar-refractivity contribution in [2.45, 2.75) is 39.4 Å². The van der Waals surface area contributed by atoms with Crippen LogP contribution in [0.4, 0.5) is 0 Å². The van der Waals surface area contributed by atoms with Crippen molar-refractivity contribution in [3.05, 3.63) is 0 Å². The van der Waals surface area contributed by atoms with E-state index >= 15 is 0 Å². The molecule has 0 aliphatic heterocycles. The summed E-state index contributed by atoms with van der Waals surface area (Å²) in [5.41, 5.74) is 0. The van der Waals surface area contributed by atoms with Crippen molar-refractivity contribution in [1.82, 2.24) is 5.32 Å². The molecule has 0 saturated carbocycles. The van der Waals surface area contributed by atoms with Crippen molar-refractivity contribution < 1.29 is 13.6 Å². The van der Waals surface area contributed by atoms with Gasteiger partial charge in [0, 0.05) is 0 Å². The van der Waals surface area contributed by atoms with Crippen molar-refractivity contribution in [1.29, 1.82) is 0 Å². The molecule has 14 heavy (non-hydrogen) atoms. The molecule has 5 heteroatoms. The Bertz CT molecular complexity index is 175. The van der Waals surface area contributed by atoms with E-state index in [4.69, 9.17) is 9.05 Å². The van der Waals surface area contributed by atoms with Gasteiger partial charge in [0.1, 0.15) is 5.78 Å². The van der Waals surface area contributed by atoms with E-state index in [1.165, 1.54) is 0 Å². The van der Waals surface area contributed by atoms with Crippen LogP contribution in [0, 0.1) is 0 Å². The lowest BCUT2D eigenvalue weighted by Gasteiger charge is -2.23. The molecule has 4 nitrogen and oxygen atoms in total. The van der Waals surface area contributed by atoms with Gasteiger partial charge in [0.05, 0.1) is 13.2 Å². The second-order valence-corrected chi connectivity index (χ2v) is 5.54. The fourth-order valence-electron chi connectivity index (χ4n) is 0.856. The molecule has 0 aliphatic rings. The van der Waals surface area contributed by atoms with Gasteiger partial charge < -0.3 is 14.4 Å². The van der Waals surface area contributed by atoms with Crippen LogP contribution in [0.1, 0.15) is 33.6 Å². The van der Waals surface area contributed by atoms with E-state index in [0.717, 1.165) is 12.8 Å². The highest BCUT2D eigenvalue weighted by Crippen LogP contribution is 2.51. The molecule has 0 bridgehead atoms. The third-order valence-corrected chi connectivity index (χ3v) is 4.13. The highest BCUT2D eigenvalue weighted by atomic mass is 31.2. The molecule has 0 heterocycles. The Kier molecular flexibility index (Phi) is 7.47. The summed E-state index contributed by atoms with van der Waals surface area (Å²) in [6, 6.07) is 0. The van der Waals surface area contributed by atoms with Gasteiger partial charge in [-0.25, -0.2) is 0 Å². The zero-order valence-electron chi connectivity index (χ0n) is 9.58. The normalized spacial score (nSPS) is 14.3. The Labute approximate surface area is 86.9 Å². The summed E-state index contributed by atoms with van der Waals surface area (Å²) in [4.78, 5) is 0. The van der Waals surface area contributed by atoms with E-state index in [2.05, 4.69) is 5.32 Å². The van der Waals surface area contributed by atoms with Crippen LogP contribution in [0.15, 0.2) is 0 Å². The molecule has 0 amide bonds. The quantitative estimate of drug-likeness (QED) is 0.642. The molecule has 0 spiro atoms. The van der Waals surface area contributed by atoms with Gasteiger partial charge in [-0.1, -0.05) is 13.8 Å². The smallest absolute Gasteiger partial charge is 0.308 e. The van der Waals surface area contributed by atoms with E-state index in [9.17, 15) is 4.57 Å². The zero-order valence-corrected chi connectivity index (χ0v) is 10.5. The monoisotopic (exact) mass is 223 g/mol. The molecule has 0 saturated heterocycles. The van der Waals surface area contributed by atoms with Gasteiger partial charge in [-0.2, -0.15) is 0 Å². The van der Waals surface area contributed by atoms with Crippen LogP contribution >= 0.6 is 7.60 Å².